The van der Waals surface area contributed by atoms with Crippen molar-refractivity contribution in [3.05, 3.63) is 59.9 Å². The third-order valence-electron chi connectivity index (χ3n) is 4.53. The zero-order chi connectivity index (χ0) is 20.8. The number of anilines is 1. The van der Waals surface area contributed by atoms with E-state index in [-0.39, 0.29) is 18.0 Å². The van der Waals surface area contributed by atoms with E-state index >= 15 is 0 Å². The molecule has 1 aliphatic rings. The van der Waals surface area contributed by atoms with Crippen LogP contribution in [0.15, 0.2) is 53.5 Å². The molecule has 0 aromatic heterocycles. The zero-order valence-corrected chi connectivity index (χ0v) is 17.3. The number of nitrogens with one attached hydrogen (secondary N) is 1. The van der Waals surface area contributed by atoms with Crippen LogP contribution in [-0.2, 0) is 9.59 Å². The van der Waals surface area contributed by atoms with Crippen molar-refractivity contribution >= 4 is 40.1 Å². The van der Waals surface area contributed by atoms with Gasteiger partial charge in [-0.3, -0.25) is 14.5 Å². The second kappa shape index (κ2) is 9.69. The molecule has 0 unspecified atom stereocenters. The van der Waals surface area contributed by atoms with Crippen molar-refractivity contribution in [2.75, 3.05) is 11.9 Å². The van der Waals surface area contributed by atoms with Gasteiger partial charge in [0.25, 0.3) is 0 Å². The number of nitrogens with zero attached hydrogens (tertiary/aromatic N) is 2. The number of thioether (sulfide) groups is 1. The second-order valence-electron chi connectivity index (χ2n) is 6.91. The van der Waals surface area contributed by atoms with Crippen LogP contribution in [0.2, 0.25) is 0 Å². The Balaban J connectivity index is 1.74. The number of aryl methyl sites for hydroxylation is 1. The van der Waals surface area contributed by atoms with Gasteiger partial charge in [0.2, 0.25) is 11.8 Å². The zero-order valence-electron chi connectivity index (χ0n) is 16.5. The predicted octanol–water partition coefficient (Wildman–Crippen LogP) is 4.89. The Kier molecular flexibility index (Phi) is 7.04. The summed E-state index contributed by atoms with van der Waals surface area (Å²) in [6, 6.07) is 13.7. The normalized spacial score (nSPS) is 17.8. The number of para-hydroxylation sites is 1. The number of halogens is 1. The van der Waals surface area contributed by atoms with E-state index in [1.807, 2.05) is 31.2 Å². The number of carbonyl (C=O) groups is 2. The molecule has 1 aliphatic heterocycles. The number of hydrogen-bond acceptors (Lipinski definition) is 4. The van der Waals surface area contributed by atoms with Crippen molar-refractivity contribution in [3.8, 4) is 0 Å². The predicted molar refractivity (Wildman–Crippen MR) is 116 cm³/mol. The first-order valence-corrected chi connectivity index (χ1v) is 10.5. The summed E-state index contributed by atoms with van der Waals surface area (Å²) in [5, 5.41) is 2.59. The van der Waals surface area contributed by atoms with E-state index < -0.39 is 17.0 Å². The van der Waals surface area contributed by atoms with Gasteiger partial charge in [0.15, 0.2) is 5.17 Å². The average Bonchev–Trinajstić information content (AvgIpc) is 2.98. The summed E-state index contributed by atoms with van der Waals surface area (Å²) in [4.78, 5) is 31.6. The van der Waals surface area contributed by atoms with Crippen LogP contribution in [-0.4, -0.2) is 33.7 Å². The summed E-state index contributed by atoms with van der Waals surface area (Å²) in [6.07, 6.45) is 1.77. The van der Waals surface area contributed by atoms with Crippen LogP contribution in [0.4, 0.5) is 15.8 Å². The molecule has 0 aliphatic carbocycles. The highest BCUT2D eigenvalue weighted by Crippen LogP contribution is 2.32. The summed E-state index contributed by atoms with van der Waals surface area (Å²) in [5.74, 6) is -1.02. The SMILES string of the molecule is CCCCN1C(=O)[C@@H](CC(=O)Nc2ccccc2F)SC1=Nc1ccc(C)cc1. The third-order valence-corrected chi connectivity index (χ3v) is 5.71. The molecule has 0 radical (unpaired) electrons. The van der Waals surface area contributed by atoms with Crippen molar-refractivity contribution in [3.63, 3.8) is 0 Å². The Labute approximate surface area is 174 Å². The van der Waals surface area contributed by atoms with Gasteiger partial charge >= 0.3 is 0 Å². The third kappa shape index (κ3) is 5.44. The fraction of sp³-hybridized carbons (Fsp3) is 0.318. The first-order chi connectivity index (χ1) is 14.0. The van der Waals surface area contributed by atoms with Crippen LogP contribution in [0.5, 0.6) is 0 Å². The Hall–Kier alpha value is -2.67. The smallest absolute Gasteiger partial charge is 0.242 e. The monoisotopic (exact) mass is 413 g/mol. The van der Waals surface area contributed by atoms with Crippen molar-refractivity contribution in [2.45, 2.75) is 38.4 Å². The minimum Gasteiger partial charge on any atom is -0.324 e. The molecule has 2 amide bonds. The molecule has 0 bridgehead atoms. The molecule has 1 fully saturated rings. The summed E-state index contributed by atoms with van der Waals surface area (Å²) in [6.45, 7) is 4.63. The van der Waals surface area contributed by atoms with Crippen molar-refractivity contribution < 1.29 is 14.0 Å². The largest absolute Gasteiger partial charge is 0.324 e. The number of amides is 2. The molecule has 5 nitrogen and oxygen atoms in total. The summed E-state index contributed by atoms with van der Waals surface area (Å²) in [7, 11) is 0. The van der Waals surface area contributed by atoms with E-state index in [2.05, 4.69) is 17.2 Å². The lowest BCUT2D eigenvalue weighted by Gasteiger charge is -2.16. The minimum absolute atomic E-state index is 0.0343. The number of aliphatic imine (C=N–C) groups is 1. The van der Waals surface area contributed by atoms with Crippen LogP contribution >= 0.6 is 11.8 Å². The van der Waals surface area contributed by atoms with Gasteiger partial charge in [-0.2, -0.15) is 0 Å². The summed E-state index contributed by atoms with van der Waals surface area (Å²) < 4.78 is 13.8. The first kappa shape index (κ1) is 21.0. The Morgan fingerprint density at radius 3 is 2.62 bits per heavy atom. The van der Waals surface area contributed by atoms with Crippen LogP contribution in [0.1, 0.15) is 31.7 Å². The minimum atomic E-state index is -0.567. The average molecular weight is 414 g/mol. The van der Waals surface area contributed by atoms with Crippen molar-refractivity contribution in [2.24, 2.45) is 4.99 Å². The van der Waals surface area contributed by atoms with E-state index in [9.17, 15) is 14.0 Å². The fourth-order valence-electron chi connectivity index (χ4n) is 2.91. The van der Waals surface area contributed by atoms with Crippen molar-refractivity contribution in [1.82, 2.24) is 4.90 Å². The van der Waals surface area contributed by atoms with Gasteiger partial charge in [0.05, 0.1) is 11.4 Å². The van der Waals surface area contributed by atoms with Gasteiger partial charge in [0, 0.05) is 13.0 Å². The topological polar surface area (TPSA) is 61.8 Å². The second-order valence-corrected chi connectivity index (χ2v) is 8.08. The molecule has 0 spiro atoms. The van der Waals surface area contributed by atoms with Gasteiger partial charge in [-0.05, 0) is 37.6 Å². The lowest BCUT2D eigenvalue weighted by molar-refractivity contribution is -0.128. The molecule has 3 rings (SSSR count). The Morgan fingerprint density at radius 1 is 1.21 bits per heavy atom. The maximum Gasteiger partial charge on any atom is 0.242 e. The number of benzene rings is 2. The van der Waals surface area contributed by atoms with Crippen LogP contribution in [0, 0.1) is 12.7 Å². The van der Waals surface area contributed by atoms with E-state index in [4.69, 9.17) is 0 Å². The molecule has 7 heteroatoms. The maximum absolute atomic E-state index is 13.8. The lowest BCUT2D eigenvalue weighted by Crippen LogP contribution is -2.34. The Morgan fingerprint density at radius 2 is 1.93 bits per heavy atom. The quantitative estimate of drug-likeness (QED) is 0.703. The number of hydrogen-bond donors (Lipinski definition) is 1. The molecule has 2 aromatic carbocycles. The van der Waals surface area contributed by atoms with Gasteiger partial charge in [-0.1, -0.05) is 54.9 Å². The lowest BCUT2D eigenvalue weighted by atomic mass is 10.2. The fourth-order valence-corrected chi connectivity index (χ4v) is 4.09. The van der Waals surface area contributed by atoms with Gasteiger partial charge in [-0.25, -0.2) is 9.38 Å². The highest BCUT2D eigenvalue weighted by atomic mass is 32.2. The van der Waals surface area contributed by atoms with E-state index in [0.29, 0.717) is 11.7 Å². The molecule has 152 valence electrons. The van der Waals surface area contributed by atoms with E-state index in [1.165, 1.54) is 23.9 Å². The highest BCUT2D eigenvalue weighted by molar-refractivity contribution is 8.15. The number of carbonyl (C=O) groups excluding carboxylic acids is 2. The first-order valence-electron chi connectivity index (χ1n) is 9.65. The molecule has 0 saturated carbocycles. The molecule has 1 saturated heterocycles. The van der Waals surface area contributed by atoms with Crippen LogP contribution in [0.25, 0.3) is 0 Å². The molecule has 1 heterocycles. The molecule has 2 aromatic rings. The van der Waals surface area contributed by atoms with Crippen molar-refractivity contribution in [1.29, 1.82) is 0 Å². The molecule has 29 heavy (non-hydrogen) atoms. The van der Waals surface area contributed by atoms with Gasteiger partial charge < -0.3 is 5.32 Å². The maximum atomic E-state index is 13.8. The summed E-state index contributed by atoms with van der Waals surface area (Å²) in [5.41, 5.74) is 2.02. The summed E-state index contributed by atoms with van der Waals surface area (Å²) >= 11 is 1.29. The molecule has 1 N–H and O–H groups in total. The number of rotatable bonds is 7. The number of unbranched alkanes of at least 4 members (excludes halogenated alkanes) is 1. The van der Waals surface area contributed by atoms with Crippen LogP contribution < -0.4 is 5.32 Å². The van der Waals surface area contributed by atoms with E-state index in [1.54, 1.807) is 17.0 Å². The van der Waals surface area contributed by atoms with Crippen LogP contribution in [0.3, 0.4) is 0 Å². The van der Waals surface area contributed by atoms with Gasteiger partial charge in [-0.15, -0.1) is 0 Å². The molecular weight excluding hydrogens is 389 g/mol. The number of amidine groups is 1. The molecule has 1 atom stereocenters. The van der Waals surface area contributed by atoms with E-state index in [0.717, 1.165) is 24.1 Å². The highest BCUT2D eigenvalue weighted by Gasteiger charge is 2.38. The Bertz CT molecular complexity index is 915. The van der Waals surface area contributed by atoms with Gasteiger partial charge in [0.1, 0.15) is 11.1 Å². The standard InChI is InChI=1S/C22H24FN3O2S/c1-3-4-13-26-21(28)19(14-20(27)25-18-8-6-5-7-17(18)23)29-22(26)24-16-11-9-15(2)10-12-16/h5-12,19H,3-4,13-14H2,1-2H3,(H,25,27)/t19-/m1/s1. The molecular formula is C22H24FN3O2S.